The standard InChI is InChI=1S/C29H36ClN7O2/c1-29(17-37(18-29)25(38)12-7-13-36(2)3)27(39)33-19-8-6-9-20(14-19)34-28-32-16-23(30)26(35-28)22-15-31-24-11-5-4-10-21(22)24/h4-5,7,10-12,15-16,19-20,31H,6,8-9,13-14,17-18H2,1-3H3,(H,33,39)(H,32,34,35)/b12-7+/t19-,20+/m0/s1. The number of hydrogen-bond acceptors (Lipinski definition) is 6. The van der Waals surface area contributed by atoms with Crippen LogP contribution in [0.25, 0.3) is 22.2 Å². The van der Waals surface area contributed by atoms with Crippen molar-refractivity contribution in [2.45, 2.75) is 44.7 Å². The van der Waals surface area contributed by atoms with Crippen LogP contribution in [-0.4, -0.2) is 82.4 Å². The predicted molar refractivity (Wildman–Crippen MR) is 155 cm³/mol. The van der Waals surface area contributed by atoms with Gasteiger partial charge in [0.25, 0.3) is 0 Å². The van der Waals surface area contributed by atoms with Gasteiger partial charge in [0.2, 0.25) is 17.8 Å². The molecule has 2 atom stereocenters. The number of carbonyl (C=O) groups is 2. The molecule has 0 radical (unpaired) electrons. The smallest absolute Gasteiger partial charge is 0.246 e. The summed E-state index contributed by atoms with van der Waals surface area (Å²) < 4.78 is 0. The molecule has 1 aliphatic carbocycles. The van der Waals surface area contributed by atoms with Gasteiger partial charge < -0.3 is 25.4 Å². The van der Waals surface area contributed by atoms with Crippen molar-refractivity contribution in [2.24, 2.45) is 5.41 Å². The van der Waals surface area contributed by atoms with Gasteiger partial charge in [-0.05, 0) is 52.8 Å². The van der Waals surface area contributed by atoms with Gasteiger partial charge in [-0.25, -0.2) is 9.97 Å². The van der Waals surface area contributed by atoms with Crippen molar-refractivity contribution in [1.82, 2.24) is 30.1 Å². The number of aromatic amines is 1. The van der Waals surface area contributed by atoms with Gasteiger partial charge in [-0.1, -0.05) is 35.9 Å². The van der Waals surface area contributed by atoms with E-state index in [4.69, 9.17) is 16.6 Å². The first-order valence-electron chi connectivity index (χ1n) is 13.5. The number of nitrogens with one attached hydrogen (secondary N) is 3. The molecule has 39 heavy (non-hydrogen) atoms. The maximum atomic E-state index is 13.1. The molecule has 3 aromatic rings. The molecule has 2 aliphatic rings. The zero-order valence-electron chi connectivity index (χ0n) is 22.7. The average molecular weight is 550 g/mol. The van der Waals surface area contributed by atoms with Crippen LogP contribution in [0.2, 0.25) is 5.02 Å². The van der Waals surface area contributed by atoms with Crippen LogP contribution in [0, 0.1) is 5.41 Å². The number of H-pyrrole nitrogens is 1. The van der Waals surface area contributed by atoms with E-state index in [1.807, 2.05) is 62.5 Å². The Morgan fingerprint density at radius 3 is 2.79 bits per heavy atom. The fourth-order valence-corrected chi connectivity index (χ4v) is 5.65. The predicted octanol–water partition coefficient (Wildman–Crippen LogP) is 4.08. The molecule has 10 heteroatoms. The third-order valence-corrected chi connectivity index (χ3v) is 7.88. The Morgan fingerprint density at radius 2 is 2.00 bits per heavy atom. The van der Waals surface area contributed by atoms with Crippen molar-refractivity contribution >= 4 is 40.3 Å². The van der Waals surface area contributed by atoms with Crippen LogP contribution in [0.1, 0.15) is 32.6 Å². The summed E-state index contributed by atoms with van der Waals surface area (Å²) in [5.41, 5.74) is 2.08. The molecule has 1 saturated heterocycles. The van der Waals surface area contributed by atoms with Crippen molar-refractivity contribution in [3.05, 3.63) is 53.8 Å². The van der Waals surface area contributed by atoms with Gasteiger partial charge in [-0.3, -0.25) is 9.59 Å². The van der Waals surface area contributed by atoms with E-state index in [1.54, 1.807) is 17.2 Å². The molecular weight excluding hydrogens is 514 g/mol. The van der Waals surface area contributed by atoms with Crippen LogP contribution in [0.15, 0.2) is 48.8 Å². The number of likely N-dealkylation sites (N-methyl/N-ethyl adjacent to an activating group) is 1. The third kappa shape index (κ3) is 6.09. The van der Waals surface area contributed by atoms with Crippen molar-refractivity contribution in [3.8, 4) is 11.3 Å². The SMILES string of the molecule is CN(C)C/C=C/C(=O)N1CC(C)(C(=O)N[C@H]2CCC[C@@H](Nc3ncc(Cl)c(-c4c[nH]c5ccccc45)n3)C2)C1. The molecule has 0 spiro atoms. The molecule has 1 saturated carbocycles. The van der Waals surface area contributed by atoms with Gasteiger partial charge in [0.15, 0.2) is 0 Å². The number of halogens is 1. The minimum absolute atomic E-state index is 0.0128. The number of anilines is 1. The number of carbonyl (C=O) groups excluding carboxylic acids is 2. The monoisotopic (exact) mass is 549 g/mol. The molecule has 206 valence electrons. The largest absolute Gasteiger partial charge is 0.360 e. The zero-order chi connectivity index (χ0) is 27.6. The lowest BCUT2D eigenvalue weighted by Crippen LogP contribution is -2.64. The van der Waals surface area contributed by atoms with E-state index in [0.717, 1.165) is 42.1 Å². The highest BCUT2D eigenvalue weighted by atomic mass is 35.5. The Kier molecular flexibility index (Phi) is 7.91. The highest BCUT2D eigenvalue weighted by molar-refractivity contribution is 6.33. The minimum atomic E-state index is -0.557. The van der Waals surface area contributed by atoms with Crippen molar-refractivity contribution in [3.63, 3.8) is 0 Å². The normalized spacial score (nSPS) is 20.8. The average Bonchev–Trinajstić information content (AvgIpc) is 3.32. The lowest BCUT2D eigenvalue weighted by Gasteiger charge is -2.47. The number of likely N-dealkylation sites (tertiary alicyclic amines) is 1. The molecule has 9 nitrogen and oxygen atoms in total. The minimum Gasteiger partial charge on any atom is -0.360 e. The molecule has 5 rings (SSSR count). The van der Waals surface area contributed by atoms with Crippen LogP contribution in [0.4, 0.5) is 5.95 Å². The van der Waals surface area contributed by atoms with Gasteiger partial charge in [-0.2, -0.15) is 0 Å². The molecule has 2 aromatic heterocycles. The number of nitrogens with zero attached hydrogens (tertiary/aromatic N) is 4. The topological polar surface area (TPSA) is 106 Å². The molecule has 2 fully saturated rings. The lowest BCUT2D eigenvalue weighted by molar-refractivity contribution is -0.149. The highest BCUT2D eigenvalue weighted by Gasteiger charge is 2.47. The number of amides is 2. The number of rotatable bonds is 8. The van der Waals surface area contributed by atoms with E-state index in [1.165, 1.54) is 0 Å². The van der Waals surface area contributed by atoms with Crippen LogP contribution < -0.4 is 10.6 Å². The molecule has 0 unspecified atom stereocenters. The summed E-state index contributed by atoms with van der Waals surface area (Å²) in [5, 5.41) is 8.27. The lowest BCUT2D eigenvalue weighted by atomic mass is 9.80. The second kappa shape index (κ2) is 11.4. The Morgan fingerprint density at radius 1 is 1.23 bits per heavy atom. The van der Waals surface area contributed by atoms with E-state index in [2.05, 4.69) is 20.6 Å². The van der Waals surface area contributed by atoms with E-state index >= 15 is 0 Å². The van der Waals surface area contributed by atoms with Gasteiger partial charge in [0, 0.05) is 60.5 Å². The molecular formula is C29H36ClN7O2. The van der Waals surface area contributed by atoms with Crippen molar-refractivity contribution in [1.29, 1.82) is 0 Å². The summed E-state index contributed by atoms with van der Waals surface area (Å²) in [6, 6.07) is 8.24. The van der Waals surface area contributed by atoms with E-state index in [0.29, 0.717) is 36.3 Å². The van der Waals surface area contributed by atoms with Gasteiger partial charge in [0.1, 0.15) is 0 Å². The number of para-hydroxylation sites is 1. The van der Waals surface area contributed by atoms with Crippen molar-refractivity contribution in [2.75, 3.05) is 39.0 Å². The van der Waals surface area contributed by atoms with E-state index in [9.17, 15) is 9.59 Å². The van der Waals surface area contributed by atoms with Gasteiger partial charge >= 0.3 is 0 Å². The molecule has 3 N–H and O–H groups in total. The van der Waals surface area contributed by atoms with Crippen molar-refractivity contribution < 1.29 is 9.59 Å². The first kappa shape index (κ1) is 27.1. The Balaban J connectivity index is 1.17. The van der Waals surface area contributed by atoms with Crippen LogP contribution in [-0.2, 0) is 9.59 Å². The van der Waals surface area contributed by atoms with E-state index < -0.39 is 5.41 Å². The Hall–Kier alpha value is -3.43. The maximum absolute atomic E-state index is 13.1. The molecule has 0 bridgehead atoms. The summed E-state index contributed by atoms with van der Waals surface area (Å²) >= 11 is 6.50. The summed E-state index contributed by atoms with van der Waals surface area (Å²) in [4.78, 5) is 41.7. The third-order valence-electron chi connectivity index (χ3n) is 7.60. The number of fused-ring (bicyclic) bond motifs is 1. The van der Waals surface area contributed by atoms with E-state index in [-0.39, 0.29) is 23.9 Å². The number of aromatic nitrogens is 3. The highest BCUT2D eigenvalue weighted by Crippen LogP contribution is 2.34. The van der Waals surface area contributed by atoms with Gasteiger partial charge in [-0.15, -0.1) is 0 Å². The number of hydrogen-bond donors (Lipinski definition) is 3. The quantitative estimate of drug-likeness (QED) is 0.366. The fourth-order valence-electron chi connectivity index (χ4n) is 5.45. The molecule has 1 aliphatic heterocycles. The first-order valence-corrected chi connectivity index (χ1v) is 13.9. The summed E-state index contributed by atoms with van der Waals surface area (Å²) in [5.74, 6) is 0.497. The summed E-state index contributed by atoms with van der Waals surface area (Å²) in [6.45, 7) is 3.52. The molecule has 2 amide bonds. The maximum Gasteiger partial charge on any atom is 0.246 e. The number of benzene rings is 1. The second-order valence-corrected chi connectivity index (χ2v) is 11.6. The second-order valence-electron chi connectivity index (χ2n) is 11.2. The first-order chi connectivity index (χ1) is 18.7. The molecule has 3 heterocycles. The summed E-state index contributed by atoms with van der Waals surface area (Å²) in [6.07, 6.45) is 10.7. The van der Waals surface area contributed by atoms with Crippen LogP contribution >= 0.6 is 11.6 Å². The van der Waals surface area contributed by atoms with Crippen LogP contribution in [0.3, 0.4) is 0 Å². The Bertz CT molecular complexity index is 1380. The fraction of sp³-hybridized carbons (Fsp3) is 0.448. The summed E-state index contributed by atoms with van der Waals surface area (Å²) in [7, 11) is 3.91. The Labute approximate surface area is 234 Å². The zero-order valence-corrected chi connectivity index (χ0v) is 23.5. The van der Waals surface area contributed by atoms with Crippen LogP contribution in [0.5, 0.6) is 0 Å². The molecule has 1 aromatic carbocycles. The van der Waals surface area contributed by atoms with Gasteiger partial charge in [0.05, 0.1) is 22.3 Å².